The number of anilines is 2. The summed E-state index contributed by atoms with van der Waals surface area (Å²) in [6.45, 7) is 17.8. The molecule has 1 aliphatic heterocycles. The fraction of sp³-hybridized carbons (Fsp3) is 0.574. The van der Waals surface area contributed by atoms with E-state index in [1.54, 1.807) is 96.3 Å². The predicted molar refractivity (Wildman–Crippen MR) is 237 cm³/mol. The number of halogens is 2. The van der Waals surface area contributed by atoms with E-state index in [-0.39, 0.29) is 7.92 Å². The molecule has 6 heteroatoms. The Kier molecular flexibility index (Phi) is 17.7. The van der Waals surface area contributed by atoms with Crippen LogP contribution in [0, 0.1) is 48.2 Å². The molecule has 3 aromatic rings. The van der Waals surface area contributed by atoms with E-state index in [1.165, 1.54) is 68.2 Å². The number of hydrogen-bond acceptors (Lipinski definition) is 2. The molecule has 3 aromatic carbocycles. The van der Waals surface area contributed by atoms with Crippen LogP contribution in [-0.2, 0) is 13.5 Å². The van der Waals surface area contributed by atoms with Crippen molar-refractivity contribution < 1.29 is 13.5 Å². The number of benzene rings is 3. The van der Waals surface area contributed by atoms with Crippen molar-refractivity contribution in [2.75, 3.05) is 22.9 Å². The van der Waals surface area contributed by atoms with Gasteiger partial charge in [0.15, 0.2) is 0 Å². The van der Waals surface area contributed by atoms with Crippen LogP contribution in [0.5, 0.6) is 0 Å². The van der Waals surface area contributed by atoms with Gasteiger partial charge in [-0.2, -0.15) is 6.67 Å². The van der Waals surface area contributed by atoms with Crippen molar-refractivity contribution >= 4 is 43.3 Å². The summed E-state index contributed by atoms with van der Waals surface area (Å²) in [6, 6.07) is 19.0. The van der Waals surface area contributed by atoms with E-state index in [4.69, 9.17) is 19.4 Å². The Morgan fingerprint density at radius 1 is 0.547 bits per heavy atom. The SMILES string of the molecule is C1CCC([PH+](C2CCCCC2)C2CCCCC2)CC1.Cc1cc(C)c(N2[CH-]N(c3c(C)cc(C)cc3C)CCC2)c(C)c1.[Cl][Ru]([Cl])=[CH]c1ccccc1. The zero-order valence-electron chi connectivity index (χ0n) is 33.8. The Morgan fingerprint density at radius 2 is 0.906 bits per heavy atom. The second kappa shape index (κ2) is 21.9. The zero-order valence-corrected chi connectivity index (χ0v) is 38.1. The fourth-order valence-electron chi connectivity index (χ4n) is 10.2. The van der Waals surface area contributed by atoms with Crippen molar-refractivity contribution in [1.29, 1.82) is 0 Å². The molecule has 2 nitrogen and oxygen atoms in total. The van der Waals surface area contributed by atoms with Crippen LogP contribution in [0.1, 0.15) is 142 Å². The standard InChI is InChI=1S/C22H29N2.C18H33P.C7H6.2ClH.Ru/c1-15-10-17(3)21(18(4)11-15)23-8-7-9-24(14-23)22-19(5)12-16(2)13-20(22)6;1-4-10-16(11-5-1)19(17-12-6-2-7-13-17)18-14-8-3-9-15-18;1-7-5-3-2-4-6-7;;;/h10-14H,7-9H2,1-6H3;16-18H,1-15H2;1-6H;2*1H;/q-1;;;;;+2/p-1. The normalized spacial score (nSPS) is 19.2. The van der Waals surface area contributed by atoms with E-state index in [2.05, 4.69) is 82.3 Å². The van der Waals surface area contributed by atoms with E-state index >= 15 is 0 Å². The third kappa shape index (κ3) is 12.9. The van der Waals surface area contributed by atoms with E-state index in [0.717, 1.165) is 18.7 Å². The Hall–Kier alpha value is -1.24. The average Bonchev–Trinajstić information content (AvgIpc) is 3.13. The van der Waals surface area contributed by atoms with Crippen LogP contribution in [0.25, 0.3) is 0 Å². The van der Waals surface area contributed by atoms with E-state index < -0.39 is 13.5 Å². The van der Waals surface area contributed by atoms with Gasteiger partial charge >= 0.3 is 73.4 Å². The van der Waals surface area contributed by atoms with Gasteiger partial charge in [-0.1, -0.05) is 54.7 Å². The topological polar surface area (TPSA) is 6.48 Å². The summed E-state index contributed by atoms with van der Waals surface area (Å²) in [7, 11) is 11.3. The Morgan fingerprint density at radius 3 is 1.25 bits per heavy atom. The van der Waals surface area contributed by atoms with Gasteiger partial charge in [0.25, 0.3) is 0 Å². The van der Waals surface area contributed by atoms with Crippen molar-refractivity contribution in [1.82, 2.24) is 0 Å². The molecule has 7 rings (SSSR count). The molecule has 4 aliphatic rings. The molecule has 0 aromatic heterocycles. The number of rotatable bonds is 6. The predicted octanol–water partition coefficient (Wildman–Crippen LogP) is 14.3. The maximum atomic E-state index is 5.67. The van der Waals surface area contributed by atoms with Gasteiger partial charge in [-0.25, -0.2) is 0 Å². The van der Waals surface area contributed by atoms with Crippen molar-refractivity contribution in [2.45, 2.75) is 161 Å². The van der Waals surface area contributed by atoms with Gasteiger partial charge in [0.2, 0.25) is 0 Å². The summed E-state index contributed by atoms with van der Waals surface area (Å²) in [5.74, 6) is 0. The summed E-state index contributed by atoms with van der Waals surface area (Å²) < 4.78 is 1.92. The molecule has 3 aliphatic carbocycles. The van der Waals surface area contributed by atoms with Gasteiger partial charge in [-0.05, 0) is 160 Å². The first kappa shape index (κ1) is 42.9. The molecule has 0 amide bonds. The van der Waals surface area contributed by atoms with Crippen molar-refractivity contribution in [3.63, 3.8) is 0 Å². The summed E-state index contributed by atoms with van der Waals surface area (Å²) >= 11 is -1.61. The summed E-state index contributed by atoms with van der Waals surface area (Å²) in [4.78, 5) is 4.87. The van der Waals surface area contributed by atoms with E-state index in [9.17, 15) is 0 Å². The van der Waals surface area contributed by atoms with E-state index in [1.807, 2.05) is 34.9 Å². The number of aryl methyl sites for hydroxylation is 6. The van der Waals surface area contributed by atoms with Crippen molar-refractivity contribution in [3.05, 3.63) is 100 Å². The molecular formula is C47H69Cl2N2PRu. The van der Waals surface area contributed by atoms with Crippen molar-refractivity contribution in [2.24, 2.45) is 0 Å². The van der Waals surface area contributed by atoms with Gasteiger partial charge in [0, 0.05) is 19.3 Å². The molecule has 0 spiro atoms. The van der Waals surface area contributed by atoms with Gasteiger partial charge in [-0.15, -0.1) is 0 Å². The second-order valence-corrected chi connectivity index (χ2v) is 25.7. The summed E-state index contributed by atoms with van der Waals surface area (Å²) in [5, 5.41) is 0. The molecular weight excluding hydrogens is 795 g/mol. The molecule has 0 radical (unpaired) electrons. The quantitative estimate of drug-likeness (QED) is 0.138. The molecule has 3 saturated carbocycles. The number of hydrogen-bond donors (Lipinski definition) is 0. The molecule has 0 unspecified atom stereocenters. The maximum absolute atomic E-state index is 5.67. The second-order valence-electron chi connectivity index (χ2n) is 16.6. The van der Waals surface area contributed by atoms with Gasteiger partial charge < -0.3 is 9.80 Å². The van der Waals surface area contributed by atoms with E-state index in [0.29, 0.717) is 0 Å². The van der Waals surface area contributed by atoms with Crippen LogP contribution < -0.4 is 9.80 Å². The van der Waals surface area contributed by atoms with Gasteiger partial charge in [0.1, 0.15) is 0 Å². The molecule has 53 heavy (non-hydrogen) atoms. The minimum atomic E-state index is -1.61. The number of nitrogens with zero attached hydrogens (tertiary/aromatic N) is 2. The summed E-state index contributed by atoms with van der Waals surface area (Å²) in [5.41, 5.74) is 15.7. The van der Waals surface area contributed by atoms with Crippen LogP contribution in [-0.4, -0.2) is 34.7 Å². The van der Waals surface area contributed by atoms with Crippen LogP contribution in [0.2, 0.25) is 0 Å². The summed E-state index contributed by atoms with van der Waals surface area (Å²) in [6.07, 6.45) is 25.0. The van der Waals surface area contributed by atoms with Crippen LogP contribution in [0.3, 0.4) is 0 Å². The fourth-order valence-corrected chi connectivity index (χ4v) is 17.3. The Balaban J connectivity index is 0.000000166. The Bertz CT molecular complexity index is 1430. The first-order chi connectivity index (χ1) is 25.6. The molecule has 4 fully saturated rings. The van der Waals surface area contributed by atoms with Crippen molar-refractivity contribution in [3.8, 4) is 0 Å². The molecule has 0 atom stereocenters. The van der Waals surface area contributed by atoms with Gasteiger partial charge in [0.05, 0.1) is 17.0 Å². The molecule has 1 heterocycles. The van der Waals surface area contributed by atoms with Crippen LogP contribution in [0.15, 0.2) is 54.6 Å². The third-order valence-corrected chi connectivity index (χ3v) is 18.6. The molecule has 0 N–H and O–H groups in total. The first-order valence-electron chi connectivity index (χ1n) is 20.9. The molecule has 294 valence electrons. The Labute approximate surface area is 339 Å². The first-order valence-corrected chi connectivity index (χ1v) is 28.1. The monoisotopic (exact) mass is 864 g/mol. The molecule has 1 saturated heterocycles. The van der Waals surface area contributed by atoms with Crippen LogP contribution >= 0.6 is 27.3 Å². The molecule has 0 bridgehead atoms. The third-order valence-electron chi connectivity index (χ3n) is 12.1. The average molecular weight is 865 g/mol. The minimum absolute atomic E-state index is 0.0465. The zero-order chi connectivity index (χ0) is 37.7. The van der Waals surface area contributed by atoms with Crippen LogP contribution in [0.4, 0.5) is 11.4 Å². The van der Waals surface area contributed by atoms with Gasteiger partial charge in [-0.3, -0.25) is 0 Å².